The van der Waals surface area contributed by atoms with Crippen LogP contribution in [0.4, 0.5) is 0 Å². The van der Waals surface area contributed by atoms with Gasteiger partial charge in [0.25, 0.3) is 0 Å². The van der Waals surface area contributed by atoms with Crippen molar-refractivity contribution in [1.29, 1.82) is 0 Å². The third-order valence-electron chi connectivity index (χ3n) is 2.38. The van der Waals surface area contributed by atoms with Crippen molar-refractivity contribution in [1.82, 2.24) is 9.78 Å². The summed E-state index contributed by atoms with van der Waals surface area (Å²) in [5.74, 6) is 0. The van der Waals surface area contributed by atoms with Gasteiger partial charge in [-0.25, -0.2) is 4.68 Å². The van der Waals surface area contributed by atoms with Crippen molar-refractivity contribution in [3.05, 3.63) is 60.8 Å². The molecule has 0 atom stereocenters. The number of rotatable bonds is 1. The molecule has 0 saturated heterocycles. The highest BCUT2D eigenvalue weighted by molar-refractivity contribution is 5.78. The van der Waals surface area contributed by atoms with Gasteiger partial charge in [0.15, 0.2) is 0 Å². The van der Waals surface area contributed by atoms with E-state index in [-0.39, 0.29) is 0 Å². The SMILES string of the molecule is [c]1ccc(-n2cc3ccccc3n2)cc1. The predicted molar refractivity (Wildman–Crippen MR) is 59.9 cm³/mol. The standard InChI is InChI=1S/C13H9N2/c1-2-7-12(8-3-1)15-10-11-6-4-5-9-13(11)14-15/h2-10H. The normalized spacial score (nSPS) is 10.7. The molecule has 0 fully saturated rings. The smallest absolute Gasteiger partial charge is 0.0927 e. The molecular formula is C13H9N2. The van der Waals surface area contributed by atoms with E-state index in [2.05, 4.69) is 17.2 Å². The van der Waals surface area contributed by atoms with Crippen molar-refractivity contribution >= 4 is 10.9 Å². The van der Waals surface area contributed by atoms with Gasteiger partial charge in [-0.05, 0) is 24.3 Å². The Morgan fingerprint density at radius 3 is 2.60 bits per heavy atom. The second-order valence-corrected chi connectivity index (χ2v) is 3.39. The van der Waals surface area contributed by atoms with Crippen LogP contribution in [0.1, 0.15) is 0 Å². The number of hydrogen-bond donors (Lipinski definition) is 0. The molecule has 15 heavy (non-hydrogen) atoms. The molecule has 3 aromatic rings. The quantitative estimate of drug-likeness (QED) is 0.581. The molecule has 0 aliphatic rings. The largest absolute Gasteiger partial charge is 0.240 e. The van der Waals surface area contributed by atoms with Gasteiger partial charge in [-0.1, -0.05) is 30.3 Å². The lowest BCUT2D eigenvalue weighted by Gasteiger charge is -1.97. The lowest BCUT2D eigenvalue weighted by Crippen LogP contribution is -1.92. The molecule has 0 N–H and O–H groups in total. The first-order chi connectivity index (χ1) is 7.43. The van der Waals surface area contributed by atoms with Gasteiger partial charge in [-0.15, -0.1) is 0 Å². The molecule has 0 saturated carbocycles. The third kappa shape index (κ3) is 1.40. The molecule has 2 aromatic carbocycles. The van der Waals surface area contributed by atoms with Crippen LogP contribution in [0.5, 0.6) is 0 Å². The fourth-order valence-electron chi connectivity index (χ4n) is 1.63. The Bertz CT molecular complexity index is 549. The lowest BCUT2D eigenvalue weighted by molar-refractivity contribution is 0.896. The van der Waals surface area contributed by atoms with Gasteiger partial charge >= 0.3 is 0 Å². The molecule has 0 unspecified atom stereocenters. The van der Waals surface area contributed by atoms with E-state index in [9.17, 15) is 0 Å². The molecule has 0 amide bonds. The van der Waals surface area contributed by atoms with Crippen LogP contribution in [0, 0.1) is 6.07 Å². The summed E-state index contributed by atoms with van der Waals surface area (Å²) in [5.41, 5.74) is 2.08. The molecule has 3 rings (SSSR count). The van der Waals surface area contributed by atoms with E-state index in [4.69, 9.17) is 0 Å². The second kappa shape index (κ2) is 3.24. The maximum absolute atomic E-state index is 4.49. The summed E-state index contributed by atoms with van der Waals surface area (Å²) in [6.45, 7) is 0. The molecule has 0 aliphatic heterocycles. The monoisotopic (exact) mass is 193 g/mol. The van der Waals surface area contributed by atoms with Crippen LogP contribution in [0.3, 0.4) is 0 Å². The predicted octanol–water partition coefficient (Wildman–Crippen LogP) is 2.83. The zero-order valence-corrected chi connectivity index (χ0v) is 8.09. The molecule has 1 radical (unpaired) electrons. The summed E-state index contributed by atoms with van der Waals surface area (Å²) in [7, 11) is 0. The fourth-order valence-corrected chi connectivity index (χ4v) is 1.63. The van der Waals surface area contributed by atoms with Crippen LogP contribution in [0.15, 0.2) is 54.7 Å². The molecule has 2 heteroatoms. The first kappa shape index (κ1) is 8.24. The minimum Gasteiger partial charge on any atom is -0.240 e. The Kier molecular flexibility index (Phi) is 1.78. The van der Waals surface area contributed by atoms with Gasteiger partial charge in [0.2, 0.25) is 0 Å². The summed E-state index contributed by atoms with van der Waals surface area (Å²) in [6.07, 6.45) is 2.03. The molecule has 1 heterocycles. The molecule has 0 bridgehead atoms. The van der Waals surface area contributed by atoms with Crippen molar-refractivity contribution in [3.8, 4) is 5.69 Å². The van der Waals surface area contributed by atoms with Gasteiger partial charge in [-0.3, -0.25) is 0 Å². The van der Waals surface area contributed by atoms with Crippen molar-refractivity contribution in [3.63, 3.8) is 0 Å². The Morgan fingerprint density at radius 2 is 1.80 bits per heavy atom. The highest BCUT2D eigenvalue weighted by Gasteiger charge is 2.00. The number of benzene rings is 2. The lowest BCUT2D eigenvalue weighted by atomic mass is 10.3. The number of aromatic nitrogens is 2. The Morgan fingerprint density at radius 1 is 1.00 bits per heavy atom. The average molecular weight is 193 g/mol. The third-order valence-corrected chi connectivity index (χ3v) is 2.38. The first-order valence-electron chi connectivity index (χ1n) is 4.84. The zero-order chi connectivity index (χ0) is 10.1. The molecule has 0 aliphatic carbocycles. The van der Waals surface area contributed by atoms with Crippen molar-refractivity contribution in [2.45, 2.75) is 0 Å². The zero-order valence-electron chi connectivity index (χ0n) is 8.09. The minimum absolute atomic E-state index is 1.02. The topological polar surface area (TPSA) is 17.8 Å². The minimum atomic E-state index is 1.02. The van der Waals surface area contributed by atoms with Gasteiger partial charge in [0.05, 0.1) is 11.2 Å². The Labute approximate surface area is 87.8 Å². The van der Waals surface area contributed by atoms with Gasteiger partial charge < -0.3 is 0 Å². The van der Waals surface area contributed by atoms with Crippen LogP contribution in [-0.4, -0.2) is 9.78 Å². The van der Waals surface area contributed by atoms with E-state index in [1.165, 1.54) is 0 Å². The molecule has 2 nitrogen and oxygen atoms in total. The van der Waals surface area contributed by atoms with Crippen LogP contribution < -0.4 is 0 Å². The van der Waals surface area contributed by atoms with Gasteiger partial charge in [0, 0.05) is 11.6 Å². The summed E-state index contributed by atoms with van der Waals surface area (Å²) >= 11 is 0. The van der Waals surface area contributed by atoms with Crippen LogP contribution in [0.2, 0.25) is 0 Å². The average Bonchev–Trinajstić information content (AvgIpc) is 2.74. The summed E-state index contributed by atoms with van der Waals surface area (Å²) in [5, 5.41) is 5.64. The van der Waals surface area contributed by atoms with E-state index >= 15 is 0 Å². The highest BCUT2D eigenvalue weighted by Crippen LogP contribution is 2.14. The Hall–Kier alpha value is -2.09. The van der Waals surface area contributed by atoms with Gasteiger partial charge in [0.1, 0.15) is 0 Å². The van der Waals surface area contributed by atoms with Crippen molar-refractivity contribution in [2.75, 3.05) is 0 Å². The summed E-state index contributed by atoms with van der Waals surface area (Å²) < 4.78 is 1.89. The van der Waals surface area contributed by atoms with Gasteiger partial charge in [-0.2, -0.15) is 5.10 Å². The van der Waals surface area contributed by atoms with E-state index in [1.54, 1.807) is 0 Å². The molecular weight excluding hydrogens is 184 g/mol. The maximum Gasteiger partial charge on any atom is 0.0927 e. The number of hydrogen-bond acceptors (Lipinski definition) is 1. The Balaban J connectivity index is 2.21. The molecule has 1 aromatic heterocycles. The summed E-state index contributed by atoms with van der Waals surface area (Å²) in [6, 6.07) is 18.9. The first-order valence-corrected chi connectivity index (χ1v) is 4.84. The molecule has 71 valence electrons. The van der Waals surface area contributed by atoms with E-state index in [0.29, 0.717) is 0 Å². The fraction of sp³-hybridized carbons (Fsp3) is 0. The van der Waals surface area contributed by atoms with E-state index < -0.39 is 0 Å². The van der Waals surface area contributed by atoms with Crippen LogP contribution in [0.25, 0.3) is 16.6 Å². The second-order valence-electron chi connectivity index (χ2n) is 3.39. The van der Waals surface area contributed by atoms with Crippen LogP contribution >= 0.6 is 0 Å². The highest BCUT2D eigenvalue weighted by atomic mass is 15.3. The van der Waals surface area contributed by atoms with E-state index in [0.717, 1.165) is 16.6 Å². The van der Waals surface area contributed by atoms with Crippen molar-refractivity contribution < 1.29 is 0 Å². The number of nitrogens with zero attached hydrogens (tertiary/aromatic N) is 2. The van der Waals surface area contributed by atoms with Crippen LogP contribution in [-0.2, 0) is 0 Å². The van der Waals surface area contributed by atoms with Crippen molar-refractivity contribution in [2.24, 2.45) is 0 Å². The number of fused-ring (bicyclic) bond motifs is 1. The molecule has 0 spiro atoms. The summed E-state index contributed by atoms with van der Waals surface area (Å²) in [4.78, 5) is 0. The van der Waals surface area contributed by atoms with E-state index in [1.807, 2.05) is 53.3 Å². The maximum atomic E-state index is 4.49.